The molecule has 1 N–H and O–H groups in total. The molecular weight excluding hydrogens is 188 g/mol. The molecule has 1 saturated carbocycles. The lowest BCUT2D eigenvalue weighted by Gasteiger charge is -2.24. The maximum atomic E-state index is 9.86. The van der Waals surface area contributed by atoms with Gasteiger partial charge in [0, 0.05) is 5.41 Å². The Bertz CT molecular complexity index is 385. The molecule has 1 spiro atoms. The number of aliphatic hydroxyl groups is 1. The van der Waals surface area contributed by atoms with Gasteiger partial charge < -0.3 is 9.84 Å². The van der Waals surface area contributed by atoms with E-state index in [9.17, 15) is 5.11 Å². The molecule has 0 unspecified atom stereocenters. The summed E-state index contributed by atoms with van der Waals surface area (Å²) in [5.74, 6) is 0.422. The van der Waals surface area contributed by atoms with Crippen LogP contribution >= 0.6 is 0 Å². The van der Waals surface area contributed by atoms with Gasteiger partial charge in [-0.3, -0.25) is 0 Å². The van der Waals surface area contributed by atoms with Crippen molar-refractivity contribution < 1.29 is 9.84 Å². The third-order valence-corrected chi connectivity index (χ3v) is 3.49. The predicted molar refractivity (Wildman–Crippen MR) is 57.3 cm³/mol. The highest BCUT2D eigenvalue weighted by Crippen LogP contribution is 2.63. The van der Waals surface area contributed by atoms with Crippen LogP contribution in [0, 0.1) is 5.41 Å². The van der Waals surface area contributed by atoms with Crippen molar-refractivity contribution in [3.05, 3.63) is 48.0 Å². The molecule has 1 aliphatic carbocycles. The lowest BCUT2D eigenvalue weighted by atomic mass is 9.96. The molecule has 2 nitrogen and oxygen atoms in total. The van der Waals surface area contributed by atoms with Crippen molar-refractivity contribution in [1.29, 1.82) is 0 Å². The van der Waals surface area contributed by atoms with Crippen LogP contribution in [0.1, 0.15) is 17.9 Å². The highest BCUT2D eigenvalue weighted by atomic mass is 16.6. The summed E-state index contributed by atoms with van der Waals surface area (Å²) in [4.78, 5) is 0. The summed E-state index contributed by atoms with van der Waals surface area (Å²) in [5, 5.41) is 9.86. The molecule has 0 radical (unpaired) electrons. The van der Waals surface area contributed by atoms with Crippen LogP contribution < -0.4 is 0 Å². The van der Waals surface area contributed by atoms with Gasteiger partial charge in [-0.2, -0.15) is 0 Å². The van der Waals surface area contributed by atoms with Gasteiger partial charge in [-0.25, -0.2) is 0 Å². The molecule has 1 aromatic carbocycles. The third kappa shape index (κ3) is 1.33. The molecule has 3 atom stereocenters. The highest BCUT2D eigenvalue weighted by molar-refractivity contribution is 5.35. The molecule has 78 valence electrons. The van der Waals surface area contributed by atoms with Crippen LogP contribution in [0.25, 0.3) is 0 Å². The van der Waals surface area contributed by atoms with Crippen LogP contribution in [0.5, 0.6) is 0 Å². The summed E-state index contributed by atoms with van der Waals surface area (Å²) < 4.78 is 5.28. The Morgan fingerprint density at radius 3 is 2.80 bits per heavy atom. The molecule has 3 rings (SSSR count). The molecule has 2 aliphatic rings. The summed E-state index contributed by atoms with van der Waals surface area (Å²) in [6.07, 6.45) is 4.50. The largest absolute Gasteiger partial charge is 0.367 e. The van der Waals surface area contributed by atoms with Gasteiger partial charge in [0.1, 0.15) is 0 Å². The minimum atomic E-state index is -0.632. The number of rotatable bonds is 1. The topological polar surface area (TPSA) is 29.5 Å². The van der Waals surface area contributed by atoms with Gasteiger partial charge in [0.15, 0.2) is 6.29 Å². The first-order chi connectivity index (χ1) is 7.33. The van der Waals surface area contributed by atoms with Gasteiger partial charge in [-0.15, -0.1) is 0 Å². The van der Waals surface area contributed by atoms with E-state index in [2.05, 4.69) is 18.2 Å². The monoisotopic (exact) mass is 202 g/mol. The first-order valence-electron chi connectivity index (χ1n) is 5.35. The van der Waals surface area contributed by atoms with E-state index in [1.807, 2.05) is 24.3 Å². The molecule has 0 amide bonds. The predicted octanol–water partition coefficient (Wildman–Crippen LogP) is 2.07. The lowest BCUT2D eigenvalue weighted by Crippen LogP contribution is -2.28. The second-order valence-corrected chi connectivity index (χ2v) is 4.37. The molecule has 1 heterocycles. The first-order valence-corrected chi connectivity index (χ1v) is 5.35. The molecule has 1 fully saturated rings. The average Bonchev–Trinajstić information content (AvgIpc) is 3.00. The van der Waals surface area contributed by atoms with Crippen LogP contribution in [0.4, 0.5) is 0 Å². The molecular formula is C13H14O2. The van der Waals surface area contributed by atoms with E-state index in [4.69, 9.17) is 4.74 Å². The van der Waals surface area contributed by atoms with Crippen molar-refractivity contribution in [2.75, 3.05) is 6.61 Å². The second kappa shape index (κ2) is 3.19. The van der Waals surface area contributed by atoms with Crippen LogP contribution in [0.15, 0.2) is 42.5 Å². The molecule has 1 aromatic rings. The van der Waals surface area contributed by atoms with Gasteiger partial charge in [0.05, 0.1) is 6.61 Å². The Labute approximate surface area is 89.2 Å². The van der Waals surface area contributed by atoms with E-state index in [0.29, 0.717) is 12.5 Å². The van der Waals surface area contributed by atoms with Crippen molar-refractivity contribution in [3.63, 3.8) is 0 Å². The van der Waals surface area contributed by atoms with E-state index < -0.39 is 6.29 Å². The Balaban J connectivity index is 1.89. The maximum absolute atomic E-state index is 9.86. The van der Waals surface area contributed by atoms with Gasteiger partial charge in [-0.05, 0) is 17.9 Å². The molecule has 0 bridgehead atoms. The Morgan fingerprint density at radius 1 is 1.27 bits per heavy atom. The number of benzene rings is 1. The second-order valence-electron chi connectivity index (χ2n) is 4.37. The minimum absolute atomic E-state index is 0.139. The number of aliphatic hydroxyl groups excluding tert-OH is 1. The lowest BCUT2D eigenvalue weighted by molar-refractivity contribution is -0.131. The summed E-state index contributed by atoms with van der Waals surface area (Å²) in [6, 6.07) is 10.3. The highest BCUT2D eigenvalue weighted by Gasteiger charge is 2.59. The zero-order valence-electron chi connectivity index (χ0n) is 8.47. The maximum Gasteiger partial charge on any atom is 0.164 e. The van der Waals surface area contributed by atoms with Crippen molar-refractivity contribution in [2.45, 2.75) is 18.6 Å². The Hall–Kier alpha value is -1.12. The number of ether oxygens (including phenoxy) is 1. The average molecular weight is 202 g/mol. The molecule has 0 aromatic heterocycles. The van der Waals surface area contributed by atoms with Gasteiger partial charge in [-0.1, -0.05) is 42.5 Å². The fourth-order valence-corrected chi connectivity index (χ4v) is 2.52. The van der Waals surface area contributed by atoms with Crippen molar-refractivity contribution in [3.8, 4) is 0 Å². The minimum Gasteiger partial charge on any atom is -0.367 e. The van der Waals surface area contributed by atoms with E-state index in [1.54, 1.807) is 0 Å². The van der Waals surface area contributed by atoms with Crippen LogP contribution in [-0.4, -0.2) is 18.0 Å². The zero-order valence-corrected chi connectivity index (χ0v) is 8.47. The zero-order chi connectivity index (χ0) is 10.3. The molecule has 1 aliphatic heterocycles. The van der Waals surface area contributed by atoms with Crippen molar-refractivity contribution in [1.82, 2.24) is 0 Å². The smallest absolute Gasteiger partial charge is 0.164 e. The molecule has 0 saturated heterocycles. The fourth-order valence-electron chi connectivity index (χ4n) is 2.52. The van der Waals surface area contributed by atoms with E-state index in [-0.39, 0.29) is 5.41 Å². The summed E-state index contributed by atoms with van der Waals surface area (Å²) in [5.41, 5.74) is 1.16. The van der Waals surface area contributed by atoms with Crippen molar-refractivity contribution >= 4 is 0 Å². The van der Waals surface area contributed by atoms with Gasteiger partial charge in [0.2, 0.25) is 0 Å². The third-order valence-electron chi connectivity index (χ3n) is 3.49. The SMILES string of the molecule is O[C@@H]1OCC=C[C@@]12C[C@@H]2c1ccccc1. The van der Waals surface area contributed by atoms with E-state index >= 15 is 0 Å². The summed E-state index contributed by atoms with van der Waals surface area (Å²) in [7, 11) is 0. The van der Waals surface area contributed by atoms with Crippen molar-refractivity contribution in [2.24, 2.45) is 5.41 Å². The molecule has 15 heavy (non-hydrogen) atoms. The summed E-state index contributed by atoms with van der Waals surface area (Å²) in [6.45, 7) is 0.532. The number of hydrogen-bond donors (Lipinski definition) is 1. The van der Waals surface area contributed by atoms with Crippen LogP contribution in [-0.2, 0) is 4.74 Å². The normalized spacial score (nSPS) is 38.2. The molecule has 2 heteroatoms. The Kier molecular flexibility index (Phi) is 1.94. The quantitative estimate of drug-likeness (QED) is 0.706. The number of hydrogen-bond acceptors (Lipinski definition) is 2. The van der Waals surface area contributed by atoms with Gasteiger partial charge in [0.25, 0.3) is 0 Å². The Morgan fingerprint density at radius 2 is 2.07 bits per heavy atom. The standard InChI is InChI=1S/C13H14O2/c14-12-13(7-4-8-15-12)9-11(13)10-5-2-1-3-6-10/h1-7,11-12,14H,8-9H2/t11-,12-,13+/m1/s1. The fraction of sp³-hybridized carbons (Fsp3) is 0.385. The first kappa shape index (κ1) is 9.13. The van der Waals surface area contributed by atoms with Crippen LogP contribution in [0.3, 0.4) is 0 Å². The van der Waals surface area contributed by atoms with Crippen LogP contribution in [0.2, 0.25) is 0 Å². The van der Waals surface area contributed by atoms with E-state index in [1.165, 1.54) is 5.56 Å². The van der Waals surface area contributed by atoms with Gasteiger partial charge >= 0.3 is 0 Å². The van der Waals surface area contributed by atoms with E-state index in [0.717, 1.165) is 6.42 Å². The summed E-state index contributed by atoms with van der Waals surface area (Å²) >= 11 is 0.